The predicted octanol–water partition coefficient (Wildman–Crippen LogP) is 1.21. The molecule has 0 amide bonds. The molecule has 1 saturated carbocycles. The summed E-state index contributed by atoms with van der Waals surface area (Å²) in [4.78, 5) is 0. The van der Waals surface area contributed by atoms with Crippen LogP contribution in [0.15, 0.2) is 0 Å². The van der Waals surface area contributed by atoms with E-state index in [1.807, 2.05) is 0 Å². The number of nitrogens with one attached hydrogen (secondary N) is 1. The highest BCUT2D eigenvalue weighted by molar-refractivity contribution is 7.99. The van der Waals surface area contributed by atoms with Crippen LogP contribution in [0.4, 0.5) is 0 Å². The van der Waals surface area contributed by atoms with Crippen molar-refractivity contribution in [3.05, 3.63) is 0 Å². The Morgan fingerprint density at radius 3 is 2.54 bits per heavy atom. The molecule has 1 heterocycles. The van der Waals surface area contributed by atoms with E-state index in [1.54, 1.807) is 0 Å². The quantitative estimate of drug-likeness (QED) is 0.716. The van der Waals surface area contributed by atoms with Gasteiger partial charge in [0.2, 0.25) is 0 Å². The van der Waals surface area contributed by atoms with E-state index in [1.165, 1.54) is 37.2 Å². The van der Waals surface area contributed by atoms with Gasteiger partial charge in [-0.15, -0.1) is 0 Å². The molecule has 2 nitrogen and oxygen atoms in total. The molecule has 3 heteroatoms. The van der Waals surface area contributed by atoms with Gasteiger partial charge in [-0.3, -0.25) is 0 Å². The molecule has 13 heavy (non-hydrogen) atoms. The lowest BCUT2D eigenvalue weighted by atomic mass is 9.94. The summed E-state index contributed by atoms with van der Waals surface area (Å²) in [5.74, 6) is 3.43. The molecule has 0 aromatic rings. The Kier molecular flexibility index (Phi) is 3.52. The normalized spacial score (nSPS) is 27.5. The van der Waals surface area contributed by atoms with Gasteiger partial charge < -0.3 is 11.1 Å². The first kappa shape index (κ1) is 9.81. The van der Waals surface area contributed by atoms with Gasteiger partial charge in [0, 0.05) is 18.6 Å². The zero-order valence-corrected chi connectivity index (χ0v) is 8.98. The fourth-order valence-electron chi connectivity index (χ4n) is 1.90. The average Bonchev–Trinajstić information content (AvgIpc) is 2.99. The second kappa shape index (κ2) is 4.67. The van der Waals surface area contributed by atoms with Gasteiger partial charge >= 0.3 is 0 Å². The monoisotopic (exact) mass is 200 g/mol. The molecule has 1 unspecified atom stereocenters. The molecule has 1 atom stereocenters. The average molecular weight is 200 g/mol. The van der Waals surface area contributed by atoms with E-state index in [9.17, 15) is 0 Å². The van der Waals surface area contributed by atoms with Gasteiger partial charge in [-0.1, -0.05) is 0 Å². The van der Waals surface area contributed by atoms with Crippen molar-refractivity contribution in [2.75, 3.05) is 18.1 Å². The number of hydrogen-bond acceptors (Lipinski definition) is 3. The van der Waals surface area contributed by atoms with Gasteiger partial charge in [0.05, 0.1) is 0 Å². The zero-order valence-electron chi connectivity index (χ0n) is 8.17. The summed E-state index contributed by atoms with van der Waals surface area (Å²) in [5.41, 5.74) is 6.15. The van der Waals surface area contributed by atoms with Crippen LogP contribution in [-0.4, -0.2) is 30.1 Å². The zero-order chi connectivity index (χ0) is 9.10. The molecule has 2 fully saturated rings. The summed E-state index contributed by atoms with van der Waals surface area (Å²) in [5, 5.41) is 3.52. The van der Waals surface area contributed by atoms with Crippen LogP contribution in [0.2, 0.25) is 0 Å². The summed E-state index contributed by atoms with van der Waals surface area (Å²) in [6.07, 6.45) is 5.40. The first-order valence-electron chi connectivity index (χ1n) is 5.43. The SMILES string of the molecule is NC(CNC1CC1)C1CCSCC1. The molecule has 1 aliphatic carbocycles. The topological polar surface area (TPSA) is 38.0 Å². The maximum Gasteiger partial charge on any atom is 0.0194 e. The van der Waals surface area contributed by atoms with Crippen LogP contribution in [-0.2, 0) is 0 Å². The van der Waals surface area contributed by atoms with Gasteiger partial charge in [-0.05, 0) is 43.1 Å². The van der Waals surface area contributed by atoms with Crippen molar-refractivity contribution < 1.29 is 0 Å². The maximum absolute atomic E-state index is 6.15. The maximum atomic E-state index is 6.15. The lowest BCUT2D eigenvalue weighted by molar-refractivity contribution is 0.377. The Bertz CT molecular complexity index is 153. The van der Waals surface area contributed by atoms with Crippen molar-refractivity contribution in [1.29, 1.82) is 0 Å². The van der Waals surface area contributed by atoms with Gasteiger partial charge in [0.1, 0.15) is 0 Å². The Balaban J connectivity index is 1.64. The molecule has 0 spiro atoms. The molecule has 0 bridgehead atoms. The third-order valence-electron chi connectivity index (χ3n) is 3.09. The number of hydrogen-bond donors (Lipinski definition) is 2. The number of thioether (sulfide) groups is 1. The first-order chi connectivity index (χ1) is 6.36. The molecule has 0 aromatic carbocycles. The minimum Gasteiger partial charge on any atom is -0.326 e. The largest absolute Gasteiger partial charge is 0.326 e. The minimum atomic E-state index is 0.404. The van der Waals surface area contributed by atoms with Crippen LogP contribution in [0.25, 0.3) is 0 Å². The summed E-state index contributed by atoms with van der Waals surface area (Å²) >= 11 is 2.08. The molecule has 2 aliphatic rings. The van der Waals surface area contributed by atoms with Crippen molar-refractivity contribution in [2.24, 2.45) is 11.7 Å². The van der Waals surface area contributed by atoms with E-state index in [4.69, 9.17) is 5.73 Å². The standard InChI is InChI=1S/C10H20N2S/c11-10(7-12-9-1-2-9)8-3-5-13-6-4-8/h8-10,12H,1-7,11H2. The van der Waals surface area contributed by atoms with Crippen LogP contribution in [0.3, 0.4) is 0 Å². The van der Waals surface area contributed by atoms with Crippen molar-refractivity contribution in [2.45, 2.75) is 37.8 Å². The number of nitrogens with two attached hydrogens (primary N) is 1. The first-order valence-corrected chi connectivity index (χ1v) is 6.58. The minimum absolute atomic E-state index is 0.404. The van der Waals surface area contributed by atoms with Crippen molar-refractivity contribution in [1.82, 2.24) is 5.32 Å². The molecule has 2 rings (SSSR count). The predicted molar refractivity (Wildman–Crippen MR) is 59.0 cm³/mol. The molecular formula is C10H20N2S. The van der Waals surface area contributed by atoms with Crippen molar-refractivity contribution in [3.8, 4) is 0 Å². The molecule has 0 aromatic heterocycles. The third-order valence-corrected chi connectivity index (χ3v) is 4.14. The summed E-state index contributed by atoms with van der Waals surface area (Å²) in [6.45, 7) is 1.04. The second-order valence-electron chi connectivity index (χ2n) is 4.30. The molecular weight excluding hydrogens is 180 g/mol. The van der Waals surface area contributed by atoms with Crippen LogP contribution in [0.1, 0.15) is 25.7 Å². The van der Waals surface area contributed by atoms with E-state index in [-0.39, 0.29) is 0 Å². The van der Waals surface area contributed by atoms with E-state index in [0.717, 1.165) is 18.5 Å². The number of rotatable bonds is 4. The summed E-state index contributed by atoms with van der Waals surface area (Å²) in [6, 6.07) is 1.21. The molecule has 0 radical (unpaired) electrons. The molecule has 3 N–H and O–H groups in total. The van der Waals surface area contributed by atoms with Crippen molar-refractivity contribution >= 4 is 11.8 Å². The molecule has 1 saturated heterocycles. The Morgan fingerprint density at radius 2 is 1.92 bits per heavy atom. The fraction of sp³-hybridized carbons (Fsp3) is 1.00. The van der Waals surface area contributed by atoms with E-state index in [2.05, 4.69) is 17.1 Å². The highest BCUT2D eigenvalue weighted by Crippen LogP contribution is 2.25. The van der Waals surface area contributed by atoms with Gasteiger partial charge in [-0.2, -0.15) is 11.8 Å². The van der Waals surface area contributed by atoms with E-state index >= 15 is 0 Å². The lowest BCUT2D eigenvalue weighted by Crippen LogP contribution is -2.41. The Labute approximate surface area is 85.0 Å². The lowest BCUT2D eigenvalue weighted by Gasteiger charge is -2.27. The van der Waals surface area contributed by atoms with E-state index in [0.29, 0.717) is 6.04 Å². The third kappa shape index (κ3) is 3.15. The Morgan fingerprint density at radius 1 is 1.23 bits per heavy atom. The highest BCUT2D eigenvalue weighted by Gasteiger charge is 2.24. The van der Waals surface area contributed by atoms with E-state index < -0.39 is 0 Å². The highest BCUT2D eigenvalue weighted by atomic mass is 32.2. The van der Waals surface area contributed by atoms with Gasteiger partial charge in [-0.25, -0.2) is 0 Å². The molecule has 76 valence electrons. The van der Waals surface area contributed by atoms with Crippen LogP contribution < -0.4 is 11.1 Å². The van der Waals surface area contributed by atoms with Crippen LogP contribution >= 0.6 is 11.8 Å². The molecule has 1 aliphatic heterocycles. The van der Waals surface area contributed by atoms with Crippen LogP contribution in [0, 0.1) is 5.92 Å². The van der Waals surface area contributed by atoms with Crippen LogP contribution in [0.5, 0.6) is 0 Å². The smallest absolute Gasteiger partial charge is 0.0194 e. The Hall–Kier alpha value is 0.270. The van der Waals surface area contributed by atoms with Gasteiger partial charge in [0.15, 0.2) is 0 Å². The second-order valence-corrected chi connectivity index (χ2v) is 5.52. The summed E-state index contributed by atoms with van der Waals surface area (Å²) < 4.78 is 0. The fourth-order valence-corrected chi connectivity index (χ4v) is 3.04. The summed E-state index contributed by atoms with van der Waals surface area (Å²) in [7, 11) is 0. The van der Waals surface area contributed by atoms with Crippen molar-refractivity contribution in [3.63, 3.8) is 0 Å². The van der Waals surface area contributed by atoms with Gasteiger partial charge in [0.25, 0.3) is 0 Å².